The Bertz CT molecular complexity index is 1610. The van der Waals surface area contributed by atoms with Crippen LogP contribution >= 0.6 is 0 Å². The van der Waals surface area contributed by atoms with E-state index in [1.165, 1.54) is 17.2 Å². The van der Waals surface area contributed by atoms with Crippen LogP contribution in [0.3, 0.4) is 0 Å². The van der Waals surface area contributed by atoms with E-state index in [0.717, 1.165) is 16.7 Å². The maximum absolute atomic E-state index is 13.1. The van der Waals surface area contributed by atoms with Crippen LogP contribution in [0, 0.1) is 25.2 Å². The Hall–Kier alpha value is -4.89. The van der Waals surface area contributed by atoms with Crippen LogP contribution in [-0.4, -0.2) is 23.5 Å². The third kappa shape index (κ3) is 5.39. The van der Waals surface area contributed by atoms with Gasteiger partial charge in [-0.15, -0.1) is 0 Å². The van der Waals surface area contributed by atoms with Crippen molar-refractivity contribution in [1.29, 1.82) is 5.26 Å². The van der Waals surface area contributed by atoms with Crippen LogP contribution in [-0.2, 0) is 11.2 Å². The van der Waals surface area contributed by atoms with E-state index in [0.29, 0.717) is 29.0 Å². The number of carboxylic acids is 1. The van der Waals surface area contributed by atoms with Crippen molar-refractivity contribution in [2.75, 3.05) is 6.61 Å². The molecule has 0 fully saturated rings. The number of nitriles is 1. The first kappa shape index (κ1) is 25.7. The molecule has 4 aromatic rings. The number of Topliss-reactive ketones (excluding diaryl/α,β-unsaturated/α-hetero) is 1. The van der Waals surface area contributed by atoms with Crippen molar-refractivity contribution in [3.8, 4) is 34.4 Å². The van der Waals surface area contributed by atoms with Gasteiger partial charge in [0.1, 0.15) is 23.3 Å². The topological polar surface area (TPSA) is 96.6 Å². The second-order valence-electron chi connectivity index (χ2n) is 9.70. The van der Waals surface area contributed by atoms with Crippen LogP contribution in [0.15, 0.2) is 78.9 Å². The van der Waals surface area contributed by atoms with Gasteiger partial charge in [-0.25, -0.2) is 0 Å². The summed E-state index contributed by atoms with van der Waals surface area (Å²) in [4.78, 5) is 24.7. The maximum Gasteiger partial charge on any atom is 0.311 e. The number of aliphatic carboxylic acids is 1. The van der Waals surface area contributed by atoms with Crippen LogP contribution in [0.1, 0.15) is 50.5 Å². The van der Waals surface area contributed by atoms with Crippen molar-refractivity contribution in [1.82, 2.24) is 0 Å². The first-order valence-corrected chi connectivity index (χ1v) is 12.7. The molecule has 4 aromatic carbocycles. The van der Waals surface area contributed by atoms with Gasteiger partial charge in [-0.2, -0.15) is 5.26 Å². The molecule has 1 heterocycles. The fourth-order valence-electron chi connectivity index (χ4n) is 4.88. The van der Waals surface area contributed by atoms with E-state index in [1.807, 2.05) is 18.2 Å². The van der Waals surface area contributed by atoms with Crippen LogP contribution in [0.5, 0.6) is 17.2 Å². The molecule has 1 atom stereocenters. The lowest BCUT2D eigenvalue weighted by Gasteiger charge is -2.24. The number of carboxylic acid groups (broad SMARTS) is 1. The molecule has 1 N–H and O–H groups in total. The van der Waals surface area contributed by atoms with E-state index < -0.39 is 11.9 Å². The molecule has 0 saturated carbocycles. The van der Waals surface area contributed by atoms with E-state index in [9.17, 15) is 20.0 Å². The average molecular weight is 518 g/mol. The van der Waals surface area contributed by atoms with Crippen molar-refractivity contribution in [3.63, 3.8) is 0 Å². The summed E-state index contributed by atoms with van der Waals surface area (Å²) in [5.41, 5.74) is 6.88. The van der Waals surface area contributed by atoms with Crippen molar-refractivity contribution >= 4 is 11.8 Å². The second-order valence-corrected chi connectivity index (χ2v) is 9.70. The molecule has 6 heteroatoms. The second kappa shape index (κ2) is 10.8. The molecule has 6 nitrogen and oxygen atoms in total. The zero-order chi connectivity index (χ0) is 27.5. The summed E-state index contributed by atoms with van der Waals surface area (Å²) in [6.45, 7) is 4.48. The molecular formula is C33H27NO5. The number of rotatable bonds is 7. The van der Waals surface area contributed by atoms with Gasteiger partial charge >= 0.3 is 5.97 Å². The largest absolute Gasteiger partial charge is 0.493 e. The Kier molecular flexibility index (Phi) is 7.16. The lowest BCUT2D eigenvalue weighted by molar-refractivity contribution is -0.139. The van der Waals surface area contributed by atoms with Gasteiger partial charge in [0.25, 0.3) is 0 Å². The van der Waals surface area contributed by atoms with E-state index in [1.54, 1.807) is 30.3 Å². The highest BCUT2D eigenvalue weighted by molar-refractivity contribution is 5.97. The summed E-state index contributed by atoms with van der Waals surface area (Å²) in [5, 5.41) is 19.1. The van der Waals surface area contributed by atoms with Gasteiger partial charge in [0.05, 0.1) is 18.1 Å². The van der Waals surface area contributed by atoms with E-state index in [4.69, 9.17) is 9.47 Å². The molecule has 194 valence electrons. The average Bonchev–Trinajstić information content (AvgIpc) is 2.94. The monoisotopic (exact) mass is 517 g/mol. The van der Waals surface area contributed by atoms with Crippen molar-refractivity contribution in [3.05, 3.63) is 112 Å². The van der Waals surface area contributed by atoms with Gasteiger partial charge in [0, 0.05) is 23.6 Å². The Morgan fingerprint density at radius 3 is 2.54 bits per heavy atom. The van der Waals surface area contributed by atoms with Gasteiger partial charge in [0.15, 0.2) is 5.78 Å². The summed E-state index contributed by atoms with van der Waals surface area (Å²) in [6, 6.07) is 26.2. The number of carbonyl (C=O) groups excluding carboxylic acids is 1. The smallest absolute Gasteiger partial charge is 0.311 e. The summed E-state index contributed by atoms with van der Waals surface area (Å²) in [6.07, 6.45) is 0.614. The van der Waals surface area contributed by atoms with Crippen LogP contribution in [0.25, 0.3) is 11.1 Å². The SMILES string of the molecule is Cc1cccc(-c2cccc(CC(=O)c3ccc(Oc4cc5c(cc4C#N)C(C(=O)O)CCO5)cc3)c2)c1C. The third-order valence-corrected chi connectivity index (χ3v) is 7.18. The number of benzene rings is 4. The van der Waals surface area contributed by atoms with Crippen molar-refractivity contribution < 1.29 is 24.2 Å². The zero-order valence-corrected chi connectivity index (χ0v) is 21.7. The molecule has 0 aliphatic carbocycles. The Morgan fingerprint density at radius 1 is 1.03 bits per heavy atom. The molecule has 0 saturated heterocycles. The molecular weight excluding hydrogens is 490 g/mol. The number of nitrogens with zero attached hydrogens (tertiary/aromatic N) is 1. The highest BCUT2D eigenvalue weighted by Gasteiger charge is 2.29. The van der Waals surface area contributed by atoms with E-state index in [-0.39, 0.29) is 30.1 Å². The molecule has 5 rings (SSSR count). The maximum atomic E-state index is 13.1. The first-order valence-electron chi connectivity index (χ1n) is 12.7. The van der Waals surface area contributed by atoms with Gasteiger partial charge in [-0.3, -0.25) is 9.59 Å². The number of hydrogen-bond donors (Lipinski definition) is 1. The molecule has 0 amide bonds. The first-order chi connectivity index (χ1) is 18.8. The normalized spacial score (nSPS) is 14.0. The van der Waals surface area contributed by atoms with Crippen molar-refractivity contribution in [2.24, 2.45) is 0 Å². The zero-order valence-electron chi connectivity index (χ0n) is 21.7. The molecule has 0 spiro atoms. The molecule has 1 aliphatic heterocycles. The number of carbonyl (C=O) groups is 2. The minimum atomic E-state index is -0.950. The molecule has 0 radical (unpaired) electrons. The summed E-state index contributed by atoms with van der Waals surface area (Å²) in [5.74, 6) is -0.567. The predicted molar refractivity (Wildman–Crippen MR) is 148 cm³/mol. The van der Waals surface area contributed by atoms with Crippen LogP contribution < -0.4 is 9.47 Å². The lowest BCUT2D eigenvalue weighted by atomic mass is 9.91. The standard InChI is InChI=1S/C33H27NO5/c1-20-5-3-8-27(21(20)2)24-7-4-6-22(15-24)16-30(35)23-9-11-26(12-10-23)39-31-18-32-29(17-25(31)19-34)28(33(36)37)13-14-38-32/h3-12,15,17-18,28H,13-14,16H2,1-2H3,(H,36,37). The van der Waals surface area contributed by atoms with Crippen LogP contribution in [0.4, 0.5) is 0 Å². The lowest BCUT2D eigenvalue weighted by Crippen LogP contribution is -2.21. The molecule has 1 aliphatic rings. The minimum absolute atomic E-state index is 0.0146. The van der Waals surface area contributed by atoms with Gasteiger partial charge in [-0.1, -0.05) is 42.5 Å². The summed E-state index contributed by atoms with van der Waals surface area (Å²) < 4.78 is 11.6. The molecule has 39 heavy (non-hydrogen) atoms. The van der Waals surface area contributed by atoms with E-state index >= 15 is 0 Å². The number of ketones is 1. The number of hydrogen-bond acceptors (Lipinski definition) is 5. The fourth-order valence-corrected chi connectivity index (χ4v) is 4.88. The van der Waals surface area contributed by atoms with Gasteiger partial charge in [-0.05, 0) is 78.4 Å². The van der Waals surface area contributed by atoms with Crippen LogP contribution in [0.2, 0.25) is 0 Å². The third-order valence-electron chi connectivity index (χ3n) is 7.18. The number of aryl methyl sites for hydroxylation is 1. The molecule has 1 unspecified atom stereocenters. The Morgan fingerprint density at radius 2 is 1.79 bits per heavy atom. The predicted octanol–water partition coefficient (Wildman–Crippen LogP) is 7.01. The van der Waals surface area contributed by atoms with Crippen molar-refractivity contribution in [2.45, 2.75) is 32.6 Å². The van der Waals surface area contributed by atoms with Gasteiger partial charge < -0.3 is 14.6 Å². The fraction of sp³-hybridized carbons (Fsp3) is 0.182. The Balaban J connectivity index is 1.31. The summed E-state index contributed by atoms with van der Waals surface area (Å²) in [7, 11) is 0. The summed E-state index contributed by atoms with van der Waals surface area (Å²) >= 11 is 0. The number of ether oxygens (including phenoxy) is 2. The van der Waals surface area contributed by atoms with Gasteiger partial charge in [0.2, 0.25) is 0 Å². The quantitative estimate of drug-likeness (QED) is 0.265. The van der Waals surface area contributed by atoms with E-state index in [2.05, 4.69) is 44.2 Å². The molecule has 0 bridgehead atoms. The highest BCUT2D eigenvalue weighted by atomic mass is 16.5. The highest BCUT2D eigenvalue weighted by Crippen LogP contribution is 2.39. The molecule has 0 aromatic heterocycles. The minimum Gasteiger partial charge on any atom is -0.493 e. The Labute approximate surface area is 227 Å². The number of fused-ring (bicyclic) bond motifs is 1.